The average molecular weight is 451 g/mol. The summed E-state index contributed by atoms with van der Waals surface area (Å²) in [7, 11) is 2.98. The molecule has 2 heterocycles. The van der Waals surface area contributed by atoms with Crippen molar-refractivity contribution < 1.29 is 28.5 Å². The Kier molecular flexibility index (Phi) is 6.60. The Morgan fingerprint density at radius 1 is 1.27 bits per heavy atom. The van der Waals surface area contributed by atoms with Gasteiger partial charge in [0.15, 0.2) is 6.23 Å². The van der Waals surface area contributed by atoms with Gasteiger partial charge < -0.3 is 23.7 Å². The van der Waals surface area contributed by atoms with E-state index in [2.05, 4.69) is 27.9 Å². The van der Waals surface area contributed by atoms with Crippen LogP contribution in [0.4, 0.5) is 0 Å². The van der Waals surface area contributed by atoms with Crippen LogP contribution in [0.15, 0.2) is 60.9 Å². The van der Waals surface area contributed by atoms with E-state index in [1.165, 1.54) is 21.1 Å². The van der Waals surface area contributed by atoms with E-state index in [0.29, 0.717) is 16.9 Å². The fourth-order valence-corrected chi connectivity index (χ4v) is 3.71. The quantitative estimate of drug-likeness (QED) is 0.473. The number of aromatic nitrogens is 2. The van der Waals surface area contributed by atoms with E-state index in [-0.39, 0.29) is 23.8 Å². The van der Waals surface area contributed by atoms with Gasteiger partial charge in [-0.05, 0) is 24.6 Å². The number of ether oxygens (including phenoxy) is 5. The molecule has 0 saturated carbocycles. The van der Waals surface area contributed by atoms with E-state index in [4.69, 9.17) is 23.7 Å². The van der Waals surface area contributed by atoms with Crippen LogP contribution in [0.3, 0.4) is 0 Å². The summed E-state index contributed by atoms with van der Waals surface area (Å²) < 4.78 is 28.2. The predicted octanol–water partition coefficient (Wildman–Crippen LogP) is 3.91. The molecule has 1 saturated heterocycles. The highest BCUT2D eigenvalue weighted by Gasteiger charge is 2.36. The van der Waals surface area contributed by atoms with Crippen LogP contribution in [0.25, 0.3) is 0 Å². The predicted molar refractivity (Wildman–Crippen MR) is 119 cm³/mol. The zero-order valence-corrected chi connectivity index (χ0v) is 18.6. The molecule has 1 aromatic heterocycles. The summed E-state index contributed by atoms with van der Waals surface area (Å²) in [4.78, 5) is 20.2. The number of esters is 1. The lowest BCUT2D eigenvalue weighted by Gasteiger charge is -2.23. The van der Waals surface area contributed by atoms with Crippen molar-refractivity contribution in [3.05, 3.63) is 72.0 Å². The Labute approximate surface area is 191 Å². The third-order valence-corrected chi connectivity index (χ3v) is 5.17. The smallest absolute Gasteiger partial charge is 0.328 e. The maximum Gasteiger partial charge on any atom is 0.328 e. The molecule has 1 aliphatic carbocycles. The van der Waals surface area contributed by atoms with Gasteiger partial charge in [-0.15, -0.1) is 0 Å². The Morgan fingerprint density at radius 2 is 2.03 bits per heavy atom. The number of fused-ring (bicyclic) bond motifs is 1. The van der Waals surface area contributed by atoms with E-state index >= 15 is 0 Å². The molecule has 3 unspecified atom stereocenters. The Hall–Kier alpha value is -3.85. The minimum Gasteiger partial charge on any atom is -0.481 e. The second kappa shape index (κ2) is 9.74. The number of methoxy groups -OCH3 is 2. The lowest BCUT2D eigenvalue weighted by molar-refractivity contribution is -0.144. The van der Waals surface area contributed by atoms with Crippen LogP contribution in [0.5, 0.6) is 23.5 Å². The number of carbonyl (C=O) groups excluding carboxylic acids is 1. The minimum absolute atomic E-state index is 0.0311. The summed E-state index contributed by atoms with van der Waals surface area (Å²) in [5, 5.41) is 3.47. The number of benzene rings is 1. The van der Waals surface area contributed by atoms with Crippen LogP contribution in [0, 0.1) is 0 Å². The van der Waals surface area contributed by atoms with Gasteiger partial charge in [0, 0.05) is 12.5 Å². The summed E-state index contributed by atoms with van der Waals surface area (Å²) in [5.74, 6) is 1.39. The summed E-state index contributed by atoms with van der Waals surface area (Å²) in [6.45, 7) is 5.18. The molecule has 4 rings (SSSR count). The third kappa shape index (κ3) is 4.83. The first-order chi connectivity index (χ1) is 16.0. The molecule has 9 heteroatoms. The van der Waals surface area contributed by atoms with Crippen LogP contribution in [-0.2, 0) is 14.3 Å². The second-order valence-corrected chi connectivity index (χ2v) is 7.31. The molecule has 0 radical (unpaired) electrons. The fraction of sp³-hybridized carbons (Fsp3) is 0.292. The summed E-state index contributed by atoms with van der Waals surface area (Å²) in [6, 6.07) is 7.00. The van der Waals surface area contributed by atoms with E-state index in [0.717, 1.165) is 12.2 Å². The van der Waals surface area contributed by atoms with Crippen molar-refractivity contribution in [3.63, 3.8) is 0 Å². The van der Waals surface area contributed by atoms with Gasteiger partial charge in [-0.2, -0.15) is 9.97 Å². The van der Waals surface area contributed by atoms with Gasteiger partial charge in [-0.25, -0.2) is 0 Å². The van der Waals surface area contributed by atoms with E-state index in [1.54, 1.807) is 24.3 Å². The van der Waals surface area contributed by atoms with E-state index in [1.807, 2.05) is 18.2 Å². The maximum absolute atomic E-state index is 11.7. The standard InChI is InChI=1S/C24H25N3O6/c1-5-17(31-14(2)28)15-9-8-12-19(33-24-26-20(29-3)13-21(27-24)30-4)22(15)23-25-16-10-6-7-11-18(16)32-23/h5-9,11-13,16-17,23,25H,1,10H2,2-4H3. The topological polar surface area (TPSA) is 101 Å². The molecule has 1 fully saturated rings. The third-order valence-electron chi connectivity index (χ3n) is 5.17. The van der Waals surface area contributed by atoms with E-state index in [9.17, 15) is 4.79 Å². The molecule has 0 spiro atoms. The highest BCUT2D eigenvalue weighted by atomic mass is 16.5. The van der Waals surface area contributed by atoms with Crippen LogP contribution < -0.4 is 19.5 Å². The van der Waals surface area contributed by atoms with Crippen molar-refractivity contribution >= 4 is 5.97 Å². The lowest BCUT2D eigenvalue weighted by atomic mass is 9.99. The number of hydrogen-bond donors (Lipinski definition) is 1. The lowest BCUT2D eigenvalue weighted by Crippen LogP contribution is -2.26. The van der Waals surface area contributed by atoms with Crippen molar-refractivity contribution in [2.24, 2.45) is 0 Å². The number of allylic oxidation sites excluding steroid dienone is 2. The first kappa shape index (κ1) is 22.3. The normalized spacial score (nSPS) is 19.5. The summed E-state index contributed by atoms with van der Waals surface area (Å²) in [5.41, 5.74) is 1.31. The molecule has 0 bridgehead atoms. The van der Waals surface area contributed by atoms with E-state index < -0.39 is 18.3 Å². The molecule has 9 nitrogen and oxygen atoms in total. The molecule has 3 atom stereocenters. The second-order valence-electron chi connectivity index (χ2n) is 7.31. The number of nitrogens with one attached hydrogen (secondary N) is 1. The Bertz CT molecular complexity index is 1090. The zero-order chi connectivity index (χ0) is 23.4. The molecule has 172 valence electrons. The van der Waals surface area contributed by atoms with Crippen molar-refractivity contribution in [1.29, 1.82) is 0 Å². The van der Waals surface area contributed by atoms with Gasteiger partial charge >= 0.3 is 12.0 Å². The Balaban J connectivity index is 1.78. The van der Waals surface area contributed by atoms with Crippen LogP contribution in [0.1, 0.15) is 36.8 Å². The van der Waals surface area contributed by atoms with Crippen molar-refractivity contribution in [2.45, 2.75) is 31.7 Å². The largest absolute Gasteiger partial charge is 0.481 e. The molecule has 1 N–H and O–H groups in total. The fourth-order valence-electron chi connectivity index (χ4n) is 3.71. The van der Waals surface area contributed by atoms with Crippen molar-refractivity contribution in [1.82, 2.24) is 15.3 Å². The first-order valence-electron chi connectivity index (χ1n) is 10.4. The molecule has 2 aromatic rings. The van der Waals surface area contributed by atoms with Gasteiger partial charge in [-0.3, -0.25) is 10.1 Å². The van der Waals surface area contributed by atoms with Gasteiger partial charge in [-0.1, -0.05) is 30.9 Å². The molecule has 2 aliphatic rings. The molecule has 0 amide bonds. The van der Waals surface area contributed by atoms with Crippen LogP contribution in [0.2, 0.25) is 0 Å². The maximum atomic E-state index is 11.7. The average Bonchev–Trinajstić information content (AvgIpc) is 3.25. The highest BCUT2D eigenvalue weighted by molar-refractivity contribution is 5.66. The van der Waals surface area contributed by atoms with Crippen LogP contribution >= 0.6 is 0 Å². The zero-order valence-electron chi connectivity index (χ0n) is 18.6. The van der Waals surface area contributed by atoms with Gasteiger partial charge in [0.2, 0.25) is 11.8 Å². The SMILES string of the molecule is C=CC(OC(C)=O)c1cccc(Oc2nc(OC)cc(OC)n2)c1C1NC2CC=CC=C2O1. The number of nitrogens with zero attached hydrogens (tertiary/aromatic N) is 2. The summed E-state index contributed by atoms with van der Waals surface area (Å²) in [6.07, 6.45) is 7.04. The number of carbonyl (C=O) groups is 1. The molecule has 1 aliphatic heterocycles. The minimum atomic E-state index is -0.707. The van der Waals surface area contributed by atoms with Gasteiger partial charge in [0.05, 0.1) is 31.9 Å². The summed E-state index contributed by atoms with van der Waals surface area (Å²) >= 11 is 0. The molecular formula is C24H25N3O6. The Morgan fingerprint density at radius 3 is 2.67 bits per heavy atom. The monoisotopic (exact) mass is 451 g/mol. The molecular weight excluding hydrogens is 426 g/mol. The first-order valence-corrected chi connectivity index (χ1v) is 10.4. The van der Waals surface area contributed by atoms with Gasteiger partial charge in [0.25, 0.3) is 0 Å². The molecule has 33 heavy (non-hydrogen) atoms. The van der Waals surface area contributed by atoms with Crippen LogP contribution in [-0.4, -0.2) is 36.2 Å². The highest BCUT2D eigenvalue weighted by Crippen LogP contribution is 2.41. The number of hydrogen-bond acceptors (Lipinski definition) is 9. The van der Waals surface area contributed by atoms with Crippen molar-refractivity contribution in [2.75, 3.05) is 14.2 Å². The molecule has 1 aromatic carbocycles. The van der Waals surface area contributed by atoms with Crippen molar-refractivity contribution in [3.8, 4) is 23.5 Å². The number of rotatable bonds is 8. The van der Waals surface area contributed by atoms with Gasteiger partial charge in [0.1, 0.15) is 17.6 Å².